The van der Waals surface area contributed by atoms with Gasteiger partial charge in [0.25, 0.3) is 0 Å². The van der Waals surface area contributed by atoms with Gasteiger partial charge in [-0.05, 0) is 30.5 Å². The number of nitro groups is 1. The second-order valence-corrected chi connectivity index (χ2v) is 4.83. The average Bonchev–Trinajstić information content (AvgIpc) is 2.38. The number of hydrogen-bond donors (Lipinski definition) is 0. The fourth-order valence-corrected chi connectivity index (χ4v) is 1.85. The van der Waals surface area contributed by atoms with E-state index in [-0.39, 0.29) is 16.5 Å². The topological polar surface area (TPSA) is 61.6 Å². The monoisotopic (exact) mass is 279 g/mol. The minimum atomic E-state index is -0.329. The molecule has 5 nitrogen and oxygen atoms in total. The zero-order valence-corrected chi connectivity index (χ0v) is 12.4. The fraction of sp³-hybridized carbons (Fsp3) is 0.467. The normalized spacial score (nSPS) is 11.6. The summed E-state index contributed by atoms with van der Waals surface area (Å²) in [5.74, 6) is 1.45. The molecule has 5 heteroatoms. The molecule has 0 saturated heterocycles. The molecule has 1 aromatic carbocycles. The Kier molecular flexibility index (Phi) is 6.03. The summed E-state index contributed by atoms with van der Waals surface area (Å²) in [7, 11) is 1.56. The number of benzene rings is 1. The first-order chi connectivity index (χ1) is 9.47. The van der Waals surface area contributed by atoms with Crippen LogP contribution in [0.2, 0.25) is 0 Å². The molecule has 0 aliphatic rings. The summed E-state index contributed by atoms with van der Waals surface area (Å²) in [4.78, 5) is 10.7. The first-order valence-corrected chi connectivity index (χ1v) is 6.63. The highest BCUT2D eigenvalue weighted by Crippen LogP contribution is 2.29. The molecule has 0 aliphatic carbocycles. The van der Waals surface area contributed by atoms with Crippen LogP contribution in [0.25, 0.3) is 6.08 Å². The summed E-state index contributed by atoms with van der Waals surface area (Å²) in [5, 5.41) is 11.1. The molecule has 0 radical (unpaired) electrons. The van der Waals surface area contributed by atoms with Crippen molar-refractivity contribution in [1.29, 1.82) is 0 Å². The van der Waals surface area contributed by atoms with Crippen molar-refractivity contribution in [2.45, 2.75) is 27.2 Å². The van der Waals surface area contributed by atoms with Gasteiger partial charge in [-0.1, -0.05) is 19.9 Å². The van der Waals surface area contributed by atoms with E-state index in [1.54, 1.807) is 31.4 Å². The summed E-state index contributed by atoms with van der Waals surface area (Å²) < 4.78 is 10.7. The zero-order valence-electron chi connectivity index (χ0n) is 12.4. The van der Waals surface area contributed by atoms with Gasteiger partial charge in [-0.3, -0.25) is 10.1 Å². The molecule has 0 fully saturated rings. The van der Waals surface area contributed by atoms with Crippen molar-refractivity contribution in [3.63, 3.8) is 0 Å². The molecule has 1 aromatic rings. The molecule has 0 saturated carbocycles. The molecule has 0 unspecified atom stereocenters. The van der Waals surface area contributed by atoms with E-state index >= 15 is 0 Å². The molecule has 0 atom stereocenters. The van der Waals surface area contributed by atoms with Crippen LogP contribution >= 0.6 is 0 Å². The van der Waals surface area contributed by atoms with E-state index in [1.807, 2.05) is 20.8 Å². The van der Waals surface area contributed by atoms with Crippen LogP contribution in [0.4, 0.5) is 0 Å². The molecule has 20 heavy (non-hydrogen) atoms. The third-order valence-corrected chi connectivity index (χ3v) is 2.67. The van der Waals surface area contributed by atoms with Crippen LogP contribution in [0, 0.1) is 16.0 Å². The lowest BCUT2D eigenvalue weighted by Crippen LogP contribution is -2.02. The second-order valence-electron chi connectivity index (χ2n) is 4.83. The van der Waals surface area contributed by atoms with Crippen LogP contribution < -0.4 is 9.47 Å². The standard InChI is InChI=1S/C15H21NO4/c1-5-20-15-10-12(6-7-14(15)19-4)9-13(16(17)18)8-11(2)3/h6-7,9-11H,5,8H2,1-4H3. The minimum absolute atomic E-state index is 0.201. The van der Waals surface area contributed by atoms with Crippen molar-refractivity contribution < 1.29 is 14.4 Å². The SMILES string of the molecule is CCOc1cc(C=C(CC(C)C)[N+](=O)[O-])ccc1OC. The van der Waals surface area contributed by atoms with E-state index in [4.69, 9.17) is 9.47 Å². The maximum Gasteiger partial charge on any atom is 0.247 e. The predicted molar refractivity (Wildman–Crippen MR) is 78.6 cm³/mol. The molecule has 110 valence electrons. The van der Waals surface area contributed by atoms with Crippen LogP contribution in [0.1, 0.15) is 32.8 Å². The number of rotatable bonds is 7. The maximum absolute atomic E-state index is 11.1. The Hall–Kier alpha value is -2.04. The van der Waals surface area contributed by atoms with Gasteiger partial charge in [0.15, 0.2) is 11.5 Å². The molecule has 0 amide bonds. The summed E-state index contributed by atoms with van der Waals surface area (Å²) in [6.07, 6.45) is 2.02. The van der Waals surface area contributed by atoms with Gasteiger partial charge in [0.2, 0.25) is 5.70 Å². The highest BCUT2D eigenvalue weighted by molar-refractivity contribution is 5.57. The van der Waals surface area contributed by atoms with Gasteiger partial charge in [-0.2, -0.15) is 0 Å². The van der Waals surface area contributed by atoms with Crippen LogP contribution in [-0.4, -0.2) is 18.6 Å². The van der Waals surface area contributed by atoms with Gasteiger partial charge in [0.05, 0.1) is 18.6 Å². The van der Waals surface area contributed by atoms with E-state index in [9.17, 15) is 10.1 Å². The lowest BCUT2D eigenvalue weighted by molar-refractivity contribution is -0.427. The molecule has 1 rings (SSSR count). The van der Waals surface area contributed by atoms with Crippen molar-refractivity contribution in [3.05, 3.63) is 39.6 Å². The number of hydrogen-bond acceptors (Lipinski definition) is 4. The summed E-state index contributed by atoms with van der Waals surface area (Å²) >= 11 is 0. The molecular weight excluding hydrogens is 258 g/mol. The minimum Gasteiger partial charge on any atom is -0.493 e. The third kappa shape index (κ3) is 4.57. The van der Waals surface area contributed by atoms with Gasteiger partial charge < -0.3 is 9.47 Å². The van der Waals surface area contributed by atoms with E-state index in [0.29, 0.717) is 24.5 Å². The predicted octanol–water partition coefficient (Wildman–Crippen LogP) is 3.76. The fourth-order valence-electron chi connectivity index (χ4n) is 1.85. The Balaban J connectivity index is 3.11. The van der Waals surface area contributed by atoms with E-state index < -0.39 is 0 Å². The van der Waals surface area contributed by atoms with Gasteiger partial charge in [-0.15, -0.1) is 0 Å². The van der Waals surface area contributed by atoms with Gasteiger partial charge in [0.1, 0.15) is 0 Å². The number of ether oxygens (including phenoxy) is 2. The molecule has 0 aliphatic heterocycles. The van der Waals surface area contributed by atoms with Crippen molar-refractivity contribution in [2.24, 2.45) is 5.92 Å². The van der Waals surface area contributed by atoms with E-state index in [0.717, 1.165) is 5.56 Å². The highest BCUT2D eigenvalue weighted by Gasteiger charge is 2.14. The lowest BCUT2D eigenvalue weighted by Gasteiger charge is -2.10. The third-order valence-electron chi connectivity index (χ3n) is 2.67. The quantitative estimate of drug-likeness (QED) is 0.563. The summed E-state index contributed by atoms with van der Waals surface area (Å²) in [6.45, 7) is 6.30. The van der Waals surface area contributed by atoms with Gasteiger partial charge in [0, 0.05) is 12.5 Å². The average molecular weight is 279 g/mol. The molecule has 0 bridgehead atoms. The Morgan fingerprint density at radius 3 is 2.60 bits per heavy atom. The van der Waals surface area contributed by atoms with Crippen molar-refractivity contribution in [2.75, 3.05) is 13.7 Å². The first-order valence-electron chi connectivity index (χ1n) is 6.63. The number of methoxy groups -OCH3 is 1. The molecule has 0 aromatic heterocycles. The Bertz CT molecular complexity index is 495. The lowest BCUT2D eigenvalue weighted by atomic mass is 10.1. The first kappa shape index (κ1) is 16.0. The molecular formula is C15H21NO4. The van der Waals surface area contributed by atoms with Gasteiger partial charge >= 0.3 is 0 Å². The van der Waals surface area contributed by atoms with E-state index in [2.05, 4.69) is 0 Å². The van der Waals surface area contributed by atoms with Crippen LogP contribution in [0.3, 0.4) is 0 Å². The summed E-state index contributed by atoms with van der Waals surface area (Å²) in [6, 6.07) is 5.29. The summed E-state index contributed by atoms with van der Waals surface area (Å²) in [5.41, 5.74) is 0.939. The number of nitrogens with zero attached hydrogens (tertiary/aromatic N) is 1. The Labute approximate surface area is 119 Å². The molecule has 0 heterocycles. The molecule has 0 spiro atoms. The molecule has 0 N–H and O–H groups in total. The Morgan fingerprint density at radius 2 is 2.10 bits per heavy atom. The highest BCUT2D eigenvalue weighted by atomic mass is 16.6. The van der Waals surface area contributed by atoms with Crippen LogP contribution in [-0.2, 0) is 0 Å². The smallest absolute Gasteiger partial charge is 0.247 e. The zero-order chi connectivity index (χ0) is 15.1. The second kappa shape index (κ2) is 7.53. The largest absolute Gasteiger partial charge is 0.493 e. The maximum atomic E-state index is 11.1. The van der Waals surface area contributed by atoms with E-state index in [1.165, 1.54) is 0 Å². The van der Waals surface area contributed by atoms with Crippen molar-refractivity contribution in [3.8, 4) is 11.5 Å². The number of allylic oxidation sites excluding steroid dienone is 1. The Morgan fingerprint density at radius 1 is 1.40 bits per heavy atom. The van der Waals surface area contributed by atoms with Crippen molar-refractivity contribution in [1.82, 2.24) is 0 Å². The van der Waals surface area contributed by atoms with Crippen LogP contribution in [0.15, 0.2) is 23.9 Å². The van der Waals surface area contributed by atoms with Gasteiger partial charge in [-0.25, -0.2) is 0 Å². The van der Waals surface area contributed by atoms with Crippen molar-refractivity contribution >= 4 is 6.08 Å². The van der Waals surface area contributed by atoms with Crippen LogP contribution in [0.5, 0.6) is 11.5 Å².